The maximum Gasteiger partial charge on any atom is 0.306 e. The molecule has 0 spiro atoms. The maximum absolute atomic E-state index is 11.8. The Labute approximate surface area is 118 Å². The fraction of sp³-hybridized carbons (Fsp3) is 0.941. The predicted molar refractivity (Wildman–Crippen MR) is 77.9 cm³/mol. The third kappa shape index (κ3) is 5.54. The van der Waals surface area contributed by atoms with Gasteiger partial charge in [-0.05, 0) is 37.5 Å². The Kier molecular flexibility index (Phi) is 6.19. The van der Waals surface area contributed by atoms with Crippen LogP contribution in [0.25, 0.3) is 0 Å². The van der Waals surface area contributed by atoms with Gasteiger partial charge >= 0.3 is 5.97 Å². The SMILES string of the molecule is CCC1CC2CC2CCCCCCCCCC(=O)O1. The Hall–Kier alpha value is -0.530. The quantitative estimate of drug-likeness (QED) is 0.634. The van der Waals surface area contributed by atoms with Gasteiger partial charge in [-0.25, -0.2) is 0 Å². The third-order valence-electron chi connectivity index (χ3n) is 4.84. The Morgan fingerprint density at radius 1 is 0.947 bits per heavy atom. The highest BCUT2D eigenvalue weighted by atomic mass is 16.5. The van der Waals surface area contributed by atoms with Gasteiger partial charge in [-0.3, -0.25) is 4.79 Å². The van der Waals surface area contributed by atoms with E-state index in [0.717, 1.165) is 31.1 Å². The Balaban J connectivity index is 1.79. The van der Waals surface area contributed by atoms with E-state index in [-0.39, 0.29) is 12.1 Å². The molecule has 2 nitrogen and oxygen atoms in total. The first-order valence-electron chi connectivity index (χ1n) is 8.49. The molecule has 0 bridgehead atoms. The van der Waals surface area contributed by atoms with Gasteiger partial charge in [0.25, 0.3) is 0 Å². The van der Waals surface area contributed by atoms with Crippen molar-refractivity contribution < 1.29 is 9.53 Å². The molecule has 1 saturated carbocycles. The molecule has 0 aromatic heterocycles. The van der Waals surface area contributed by atoms with Gasteiger partial charge < -0.3 is 4.74 Å². The van der Waals surface area contributed by atoms with Crippen molar-refractivity contribution in [2.24, 2.45) is 11.8 Å². The van der Waals surface area contributed by atoms with E-state index in [2.05, 4.69) is 6.92 Å². The third-order valence-corrected chi connectivity index (χ3v) is 4.84. The standard InChI is InChI=1S/C17H30O2/c1-2-16-13-15-12-14(15)10-8-6-4-3-5-7-9-11-17(18)19-16/h14-16H,2-13H2,1H3. The average Bonchev–Trinajstić information content (AvgIpc) is 3.13. The zero-order chi connectivity index (χ0) is 13.5. The first-order chi connectivity index (χ1) is 9.29. The highest BCUT2D eigenvalue weighted by Gasteiger charge is 2.38. The summed E-state index contributed by atoms with van der Waals surface area (Å²) in [7, 11) is 0. The summed E-state index contributed by atoms with van der Waals surface area (Å²) in [4.78, 5) is 11.8. The summed E-state index contributed by atoms with van der Waals surface area (Å²) in [5.41, 5.74) is 0. The van der Waals surface area contributed by atoms with Gasteiger partial charge in [-0.1, -0.05) is 51.9 Å². The van der Waals surface area contributed by atoms with E-state index in [4.69, 9.17) is 4.74 Å². The molecule has 0 aromatic carbocycles. The van der Waals surface area contributed by atoms with Crippen LogP contribution in [-0.4, -0.2) is 12.1 Å². The number of rotatable bonds is 1. The van der Waals surface area contributed by atoms with Gasteiger partial charge in [0, 0.05) is 6.42 Å². The van der Waals surface area contributed by atoms with Crippen molar-refractivity contribution in [3.05, 3.63) is 0 Å². The smallest absolute Gasteiger partial charge is 0.306 e. The molecule has 1 aliphatic carbocycles. The first-order valence-corrected chi connectivity index (χ1v) is 8.49. The fourth-order valence-corrected chi connectivity index (χ4v) is 3.39. The highest BCUT2D eigenvalue weighted by molar-refractivity contribution is 5.69. The lowest BCUT2D eigenvalue weighted by molar-refractivity contribution is -0.149. The molecule has 1 aliphatic heterocycles. The number of carbonyl (C=O) groups is 1. The molecule has 1 saturated heterocycles. The normalized spacial score (nSPS) is 34.6. The van der Waals surface area contributed by atoms with Crippen molar-refractivity contribution in [2.45, 2.75) is 90.1 Å². The van der Waals surface area contributed by atoms with Crippen LogP contribution < -0.4 is 0 Å². The highest BCUT2D eigenvalue weighted by Crippen LogP contribution is 2.46. The molecule has 19 heavy (non-hydrogen) atoms. The minimum atomic E-state index is 0.0407. The number of fused-ring (bicyclic) bond motifs is 1. The molecule has 3 atom stereocenters. The summed E-state index contributed by atoms with van der Waals surface area (Å²) in [6, 6.07) is 0. The van der Waals surface area contributed by atoms with Crippen molar-refractivity contribution in [2.75, 3.05) is 0 Å². The number of cyclic esters (lactones) is 1. The minimum Gasteiger partial charge on any atom is -0.462 e. The van der Waals surface area contributed by atoms with E-state index in [9.17, 15) is 4.79 Å². The first kappa shape index (κ1) is 14.9. The molecule has 3 unspecified atom stereocenters. The van der Waals surface area contributed by atoms with Crippen LogP contribution in [0.1, 0.15) is 84.0 Å². The molecule has 2 fully saturated rings. The van der Waals surface area contributed by atoms with Gasteiger partial charge in [0.05, 0.1) is 0 Å². The van der Waals surface area contributed by atoms with Gasteiger partial charge in [0.15, 0.2) is 0 Å². The summed E-state index contributed by atoms with van der Waals surface area (Å²) < 4.78 is 5.63. The molecular weight excluding hydrogens is 236 g/mol. The molecule has 1 heterocycles. The van der Waals surface area contributed by atoms with E-state index in [0.29, 0.717) is 6.42 Å². The van der Waals surface area contributed by atoms with Crippen LogP contribution in [0.3, 0.4) is 0 Å². The Morgan fingerprint density at radius 3 is 2.37 bits per heavy atom. The molecule has 0 radical (unpaired) electrons. The number of hydrogen-bond acceptors (Lipinski definition) is 2. The molecule has 2 rings (SSSR count). The second kappa shape index (κ2) is 7.91. The van der Waals surface area contributed by atoms with Crippen molar-refractivity contribution in [3.63, 3.8) is 0 Å². The molecule has 0 amide bonds. The summed E-state index contributed by atoms with van der Waals surface area (Å²) in [6.07, 6.45) is 14.8. The molecular formula is C17H30O2. The van der Waals surface area contributed by atoms with Gasteiger partial charge in [-0.2, -0.15) is 0 Å². The number of ether oxygens (including phenoxy) is 1. The molecule has 0 aromatic rings. The summed E-state index contributed by atoms with van der Waals surface area (Å²) in [6.45, 7) is 2.14. The van der Waals surface area contributed by atoms with E-state index in [1.807, 2.05) is 0 Å². The summed E-state index contributed by atoms with van der Waals surface area (Å²) >= 11 is 0. The lowest BCUT2D eigenvalue weighted by Gasteiger charge is -2.16. The van der Waals surface area contributed by atoms with Crippen LogP contribution in [0, 0.1) is 11.8 Å². The van der Waals surface area contributed by atoms with E-state index >= 15 is 0 Å². The van der Waals surface area contributed by atoms with Gasteiger partial charge in [0.2, 0.25) is 0 Å². The van der Waals surface area contributed by atoms with Crippen LogP contribution in [0.2, 0.25) is 0 Å². The average molecular weight is 266 g/mol. The lowest BCUT2D eigenvalue weighted by Crippen LogP contribution is -2.18. The van der Waals surface area contributed by atoms with E-state index in [1.54, 1.807) is 0 Å². The zero-order valence-corrected chi connectivity index (χ0v) is 12.5. The number of esters is 1. The van der Waals surface area contributed by atoms with Crippen LogP contribution >= 0.6 is 0 Å². The van der Waals surface area contributed by atoms with Crippen molar-refractivity contribution in [1.82, 2.24) is 0 Å². The molecule has 2 aliphatic rings. The predicted octanol–water partition coefficient (Wildman–Crippen LogP) is 4.86. The van der Waals surface area contributed by atoms with Gasteiger partial charge in [0.1, 0.15) is 6.10 Å². The maximum atomic E-state index is 11.8. The van der Waals surface area contributed by atoms with Crippen molar-refractivity contribution in [1.29, 1.82) is 0 Å². The van der Waals surface area contributed by atoms with Crippen LogP contribution in [0.15, 0.2) is 0 Å². The largest absolute Gasteiger partial charge is 0.462 e. The molecule has 110 valence electrons. The van der Waals surface area contributed by atoms with Crippen LogP contribution in [0.4, 0.5) is 0 Å². The van der Waals surface area contributed by atoms with E-state index in [1.165, 1.54) is 51.4 Å². The van der Waals surface area contributed by atoms with Crippen molar-refractivity contribution >= 4 is 5.97 Å². The summed E-state index contributed by atoms with van der Waals surface area (Å²) in [5.74, 6) is 1.83. The van der Waals surface area contributed by atoms with Crippen LogP contribution in [0.5, 0.6) is 0 Å². The topological polar surface area (TPSA) is 26.3 Å². The minimum absolute atomic E-state index is 0.0407. The van der Waals surface area contributed by atoms with Gasteiger partial charge in [-0.15, -0.1) is 0 Å². The Morgan fingerprint density at radius 2 is 1.63 bits per heavy atom. The number of carbonyl (C=O) groups excluding carboxylic acids is 1. The molecule has 0 N–H and O–H groups in total. The van der Waals surface area contributed by atoms with E-state index < -0.39 is 0 Å². The second-order valence-corrected chi connectivity index (χ2v) is 6.53. The zero-order valence-electron chi connectivity index (χ0n) is 12.5. The fourth-order valence-electron chi connectivity index (χ4n) is 3.39. The van der Waals surface area contributed by atoms with Crippen LogP contribution in [-0.2, 0) is 9.53 Å². The second-order valence-electron chi connectivity index (χ2n) is 6.53. The number of hydrogen-bond donors (Lipinski definition) is 0. The lowest BCUT2D eigenvalue weighted by atomic mass is 10.0. The monoisotopic (exact) mass is 266 g/mol. The Bertz CT molecular complexity index is 274. The summed E-state index contributed by atoms with van der Waals surface area (Å²) in [5, 5.41) is 0. The molecule has 2 heteroatoms. The van der Waals surface area contributed by atoms with Crippen molar-refractivity contribution in [3.8, 4) is 0 Å².